The Bertz CT molecular complexity index is 664. The minimum Gasteiger partial charge on any atom is -0.507 e. The number of pyridine rings is 1. The van der Waals surface area contributed by atoms with Gasteiger partial charge in [-0.25, -0.2) is 4.98 Å². The average molecular weight is 311 g/mol. The number of carbonyl (C=O) groups is 1. The zero-order chi connectivity index (χ0) is 14.9. The maximum atomic E-state index is 12.2. The third kappa shape index (κ3) is 3.03. The van der Waals surface area contributed by atoms with Gasteiger partial charge in [-0.05, 0) is 37.6 Å². The van der Waals surface area contributed by atoms with Crippen LogP contribution in [0.15, 0.2) is 24.3 Å². The number of aromatic nitrogens is 1. The molecule has 0 aliphatic rings. The number of aromatic hydroxyl groups is 1. The summed E-state index contributed by atoms with van der Waals surface area (Å²) >= 11 is 11.7. The van der Waals surface area contributed by atoms with Crippen molar-refractivity contribution >= 4 is 34.8 Å². The molecule has 0 atom stereocenters. The van der Waals surface area contributed by atoms with Crippen molar-refractivity contribution < 1.29 is 9.90 Å². The highest BCUT2D eigenvalue weighted by molar-refractivity contribution is 6.35. The summed E-state index contributed by atoms with van der Waals surface area (Å²) in [7, 11) is 0. The molecular weight excluding hydrogens is 299 g/mol. The summed E-state index contributed by atoms with van der Waals surface area (Å²) in [4.78, 5) is 16.1. The second kappa shape index (κ2) is 5.69. The van der Waals surface area contributed by atoms with Crippen molar-refractivity contribution in [1.82, 2.24) is 4.98 Å². The predicted molar refractivity (Wildman–Crippen MR) is 79.8 cm³/mol. The minimum atomic E-state index is -0.458. The van der Waals surface area contributed by atoms with Gasteiger partial charge in [0.15, 0.2) is 5.15 Å². The number of nitrogens with zero attached hydrogens (tertiary/aromatic N) is 1. The Morgan fingerprint density at radius 3 is 2.60 bits per heavy atom. The van der Waals surface area contributed by atoms with Crippen LogP contribution < -0.4 is 5.32 Å². The largest absolute Gasteiger partial charge is 0.507 e. The van der Waals surface area contributed by atoms with Crippen molar-refractivity contribution in [2.45, 2.75) is 13.8 Å². The second-order valence-electron chi connectivity index (χ2n) is 4.40. The number of anilines is 1. The molecule has 1 aromatic heterocycles. The minimum absolute atomic E-state index is 0.0937. The Hall–Kier alpha value is -1.78. The fourth-order valence-corrected chi connectivity index (χ4v) is 2.34. The Balaban J connectivity index is 2.35. The smallest absolute Gasteiger partial charge is 0.259 e. The summed E-state index contributed by atoms with van der Waals surface area (Å²) in [6.45, 7) is 3.59. The summed E-state index contributed by atoms with van der Waals surface area (Å²) in [5, 5.41) is 12.7. The van der Waals surface area contributed by atoms with Gasteiger partial charge in [0.05, 0.1) is 11.3 Å². The van der Waals surface area contributed by atoms with Crippen LogP contribution in [0.4, 0.5) is 5.69 Å². The zero-order valence-electron chi connectivity index (χ0n) is 10.9. The van der Waals surface area contributed by atoms with Gasteiger partial charge in [0.2, 0.25) is 0 Å². The Labute approximate surface area is 126 Å². The molecule has 2 rings (SSSR count). The first-order chi connectivity index (χ1) is 9.38. The van der Waals surface area contributed by atoms with E-state index in [0.717, 1.165) is 5.56 Å². The van der Waals surface area contributed by atoms with Gasteiger partial charge in [0.1, 0.15) is 10.9 Å². The van der Waals surface area contributed by atoms with Crippen LogP contribution >= 0.6 is 23.2 Å². The van der Waals surface area contributed by atoms with E-state index in [4.69, 9.17) is 23.2 Å². The summed E-state index contributed by atoms with van der Waals surface area (Å²) in [5.41, 5.74) is 2.11. The number of hydrogen-bond acceptors (Lipinski definition) is 3. The molecule has 0 saturated carbocycles. The molecule has 6 heteroatoms. The molecule has 20 heavy (non-hydrogen) atoms. The van der Waals surface area contributed by atoms with E-state index < -0.39 is 5.91 Å². The van der Waals surface area contributed by atoms with Crippen LogP contribution in [0, 0.1) is 13.8 Å². The standard InChI is InChI=1S/C14H12Cl2N2O2/c1-7-3-4-10(19)9(5-7)14(20)18-12-8(2)6-11(15)17-13(12)16/h3-6,19H,1-2H3,(H,18,20). The Morgan fingerprint density at radius 1 is 1.25 bits per heavy atom. The first-order valence-electron chi connectivity index (χ1n) is 5.82. The molecule has 0 radical (unpaired) electrons. The van der Waals surface area contributed by atoms with E-state index in [1.165, 1.54) is 6.07 Å². The third-order valence-corrected chi connectivity index (χ3v) is 3.24. The van der Waals surface area contributed by atoms with Gasteiger partial charge in [-0.15, -0.1) is 0 Å². The molecule has 104 valence electrons. The molecule has 2 N–H and O–H groups in total. The Kier molecular flexibility index (Phi) is 4.16. The fourth-order valence-electron chi connectivity index (χ4n) is 1.76. The molecule has 0 saturated heterocycles. The molecule has 0 aliphatic heterocycles. The molecule has 4 nitrogen and oxygen atoms in total. The Morgan fingerprint density at radius 2 is 1.95 bits per heavy atom. The summed E-state index contributed by atoms with van der Waals surface area (Å²) < 4.78 is 0. The van der Waals surface area contributed by atoms with Crippen LogP contribution in [0.3, 0.4) is 0 Å². The van der Waals surface area contributed by atoms with Gasteiger partial charge in [0.25, 0.3) is 5.91 Å². The van der Waals surface area contributed by atoms with Gasteiger partial charge < -0.3 is 10.4 Å². The molecule has 0 unspecified atom stereocenters. The number of benzene rings is 1. The average Bonchev–Trinajstić information content (AvgIpc) is 2.36. The highest BCUT2D eigenvalue weighted by Gasteiger charge is 2.15. The first kappa shape index (κ1) is 14.6. The predicted octanol–water partition coefficient (Wildman–Crippen LogP) is 3.96. The maximum Gasteiger partial charge on any atom is 0.259 e. The number of aryl methyl sites for hydroxylation is 2. The number of rotatable bonds is 2. The lowest BCUT2D eigenvalue weighted by atomic mass is 10.1. The fraction of sp³-hybridized carbons (Fsp3) is 0.143. The molecule has 1 aromatic carbocycles. The molecular formula is C14H12Cl2N2O2. The van der Waals surface area contributed by atoms with Gasteiger partial charge in [-0.3, -0.25) is 4.79 Å². The van der Waals surface area contributed by atoms with E-state index in [9.17, 15) is 9.90 Å². The lowest BCUT2D eigenvalue weighted by Crippen LogP contribution is -2.14. The zero-order valence-corrected chi connectivity index (χ0v) is 12.4. The summed E-state index contributed by atoms with van der Waals surface area (Å²) in [5.74, 6) is -0.552. The molecule has 1 amide bonds. The highest BCUT2D eigenvalue weighted by Crippen LogP contribution is 2.28. The normalized spacial score (nSPS) is 10.4. The lowest BCUT2D eigenvalue weighted by Gasteiger charge is -2.11. The van der Waals surface area contributed by atoms with E-state index in [1.54, 1.807) is 25.1 Å². The molecule has 0 spiro atoms. The maximum absolute atomic E-state index is 12.2. The number of phenols is 1. The molecule has 1 heterocycles. The van der Waals surface area contributed by atoms with Crippen molar-refractivity contribution in [3.8, 4) is 5.75 Å². The van der Waals surface area contributed by atoms with Crippen LogP contribution in [-0.2, 0) is 0 Å². The quantitative estimate of drug-likeness (QED) is 0.825. The van der Waals surface area contributed by atoms with E-state index in [1.807, 2.05) is 6.92 Å². The number of amides is 1. The molecule has 0 aliphatic carbocycles. The molecule has 0 fully saturated rings. The van der Waals surface area contributed by atoms with E-state index in [-0.39, 0.29) is 21.6 Å². The van der Waals surface area contributed by atoms with Crippen molar-refractivity contribution in [2.75, 3.05) is 5.32 Å². The first-order valence-corrected chi connectivity index (χ1v) is 6.57. The SMILES string of the molecule is Cc1ccc(O)c(C(=O)Nc2c(C)cc(Cl)nc2Cl)c1. The topological polar surface area (TPSA) is 62.2 Å². The van der Waals surface area contributed by atoms with Gasteiger partial charge in [-0.2, -0.15) is 0 Å². The van der Waals surface area contributed by atoms with Crippen LogP contribution in [0.1, 0.15) is 21.5 Å². The van der Waals surface area contributed by atoms with Crippen LogP contribution in [0.2, 0.25) is 10.3 Å². The van der Waals surface area contributed by atoms with Crippen molar-refractivity contribution in [3.63, 3.8) is 0 Å². The van der Waals surface area contributed by atoms with Crippen molar-refractivity contribution in [1.29, 1.82) is 0 Å². The monoisotopic (exact) mass is 310 g/mol. The van der Waals surface area contributed by atoms with Crippen molar-refractivity contribution in [3.05, 3.63) is 51.3 Å². The lowest BCUT2D eigenvalue weighted by molar-refractivity contribution is 0.102. The van der Waals surface area contributed by atoms with Gasteiger partial charge in [-0.1, -0.05) is 34.8 Å². The molecule has 2 aromatic rings. The van der Waals surface area contributed by atoms with E-state index >= 15 is 0 Å². The molecule has 0 bridgehead atoms. The number of halogens is 2. The van der Waals surface area contributed by atoms with Gasteiger partial charge >= 0.3 is 0 Å². The van der Waals surface area contributed by atoms with Crippen LogP contribution in [0.25, 0.3) is 0 Å². The summed E-state index contributed by atoms with van der Waals surface area (Å²) in [6, 6.07) is 6.38. The van der Waals surface area contributed by atoms with Crippen LogP contribution in [-0.4, -0.2) is 16.0 Å². The number of carbonyl (C=O) groups excluding carboxylic acids is 1. The van der Waals surface area contributed by atoms with Gasteiger partial charge in [0, 0.05) is 0 Å². The number of phenolic OH excluding ortho intramolecular Hbond substituents is 1. The van der Waals surface area contributed by atoms with E-state index in [0.29, 0.717) is 11.3 Å². The summed E-state index contributed by atoms with van der Waals surface area (Å²) in [6.07, 6.45) is 0. The van der Waals surface area contributed by atoms with Crippen LogP contribution in [0.5, 0.6) is 5.75 Å². The number of nitrogens with one attached hydrogen (secondary N) is 1. The second-order valence-corrected chi connectivity index (χ2v) is 5.15. The van der Waals surface area contributed by atoms with Crippen molar-refractivity contribution in [2.24, 2.45) is 0 Å². The van der Waals surface area contributed by atoms with E-state index in [2.05, 4.69) is 10.3 Å². The number of hydrogen-bond donors (Lipinski definition) is 2. The third-order valence-electron chi connectivity index (χ3n) is 2.78. The highest BCUT2D eigenvalue weighted by atomic mass is 35.5.